The first-order valence-corrected chi connectivity index (χ1v) is 12.7. The molecule has 4 heteroatoms. The maximum atomic E-state index is 11.7. The third kappa shape index (κ3) is 3.36. The maximum Gasteiger partial charge on any atom is 0.303 e. The predicted molar refractivity (Wildman–Crippen MR) is 118 cm³/mol. The van der Waals surface area contributed by atoms with E-state index in [4.69, 9.17) is 5.11 Å². The Morgan fingerprint density at radius 3 is 2.33 bits per heavy atom. The van der Waals surface area contributed by atoms with E-state index in [1.165, 1.54) is 25.7 Å². The molecule has 0 aromatic heterocycles. The van der Waals surface area contributed by atoms with Crippen LogP contribution < -0.4 is 0 Å². The molecule has 4 nitrogen and oxygen atoms in total. The Balaban J connectivity index is 1.61. The van der Waals surface area contributed by atoms with Gasteiger partial charge >= 0.3 is 5.97 Å². The summed E-state index contributed by atoms with van der Waals surface area (Å²) >= 11 is 0. The summed E-state index contributed by atoms with van der Waals surface area (Å²) in [5, 5.41) is 31.3. The summed E-state index contributed by atoms with van der Waals surface area (Å²) in [6, 6.07) is 0. The van der Waals surface area contributed by atoms with Crippen LogP contribution in [0.2, 0.25) is 0 Å². The second kappa shape index (κ2) is 8.06. The van der Waals surface area contributed by atoms with Crippen LogP contribution in [0.1, 0.15) is 91.9 Å². The van der Waals surface area contributed by atoms with Gasteiger partial charge in [0.25, 0.3) is 0 Å². The number of fused-ring (bicyclic) bond motifs is 5. The number of carboxylic acid groups (broad SMARTS) is 1. The Labute approximate surface area is 182 Å². The SMILES string of the molecule is CCC1C2C[C@@H](O)CC[C@]2(C)[C@H]2CC[C@]3(C)[C@@H]([C@H](C)CCC(=O)O)CC[C@H]3[C@@H]2[C@H]1O. The van der Waals surface area contributed by atoms with E-state index < -0.39 is 5.97 Å². The summed E-state index contributed by atoms with van der Waals surface area (Å²) in [6.07, 6.45) is 9.27. The third-order valence-electron chi connectivity index (χ3n) is 11.0. The van der Waals surface area contributed by atoms with E-state index in [1.807, 2.05) is 0 Å². The van der Waals surface area contributed by atoms with Gasteiger partial charge in [-0.2, -0.15) is 0 Å². The summed E-state index contributed by atoms with van der Waals surface area (Å²) in [6.45, 7) is 9.44. The number of aliphatic hydroxyl groups is 2. The molecule has 0 bridgehead atoms. The summed E-state index contributed by atoms with van der Waals surface area (Å²) < 4.78 is 0. The molecule has 4 fully saturated rings. The standard InChI is InChI=1S/C26H44O4/c1-5-17-21-14-16(27)10-12-26(21,4)20-11-13-25(3)18(15(2)6-9-22(28)29)7-8-19(25)23(20)24(17)30/h15-21,23-24,27,30H,5-14H2,1-4H3,(H,28,29)/t15-,16+,17?,18-,19+,20+,21?,23+,24+,25-,26-/m1/s1. The molecule has 0 aromatic rings. The molecule has 2 unspecified atom stereocenters. The van der Waals surface area contributed by atoms with Gasteiger partial charge in [0.2, 0.25) is 0 Å². The molecule has 0 spiro atoms. The lowest BCUT2D eigenvalue weighted by molar-refractivity contribution is -0.203. The van der Waals surface area contributed by atoms with Crippen molar-refractivity contribution >= 4 is 5.97 Å². The van der Waals surface area contributed by atoms with Crippen molar-refractivity contribution in [2.45, 2.75) is 104 Å². The molecule has 11 atom stereocenters. The maximum absolute atomic E-state index is 11.7. The Hall–Kier alpha value is -0.610. The van der Waals surface area contributed by atoms with Gasteiger partial charge in [-0.25, -0.2) is 0 Å². The first-order valence-electron chi connectivity index (χ1n) is 12.7. The zero-order valence-corrected chi connectivity index (χ0v) is 19.5. The second-order valence-electron chi connectivity index (χ2n) is 12.0. The van der Waals surface area contributed by atoms with E-state index in [0.717, 1.165) is 32.1 Å². The largest absolute Gasteiger partial charge is 0.481 e. The average Bonchev–Trinajstić information content (AvgIpc) is 3.05. The fourth-order valence-corrected chi connectivity index (χ4v) is 9.48. The number of aliphatic carboxylic acids is 1. The zero-order chi connectivity index (χ0) is 21.8. The highest BCUT2D eigenvalue weighted by Gasteiger charge is 2.64. The molecular weight excluding hydrogens is 376 g/mol. The Kier molecular flexibility index (Phi) is 6.07. The van der Waals surface area contributed by atoms with E-state index in [1.54, 1.807) is 0 Å². The molecular formula is C26H44O4. The minimum absolute atomic E-state index is 0.194. The molecule has 0 saturated heterocycles. The number of aliphatic hydroxyl groups excluding tert-OH is 2. The monoisotopic (exact) mass is 420 g/mol. The molecule has 0 radical (unpaired) electrons. The van der Waals surface area contributed by atoms with E-state index in [9.17, 15) is 15.0 Å². The summed E-state index contributed by atoms with van der Waals surface area (Å²) in [5.41, 5.74) is 0.480. The highest BCUT2D eigenvalue weighted by molar-refractivity contribution is 5.66. The van der Waals surface area contributed by atoms with Crippen molar-refractivity contribution < 1.29 is 20.1 Å². The Morgan fingerprint density at radius 1 is 1.00 bits per heavy atom. The lowest BCUT2D eigenvalue weighted by Gasteiger charge is -2.64. The van der Waals surface area contributed by atoms with E-state index in [2.05, 4.69) is 27.7 Å². The number of carbonyl (C=O) groups is 1. The molecule has 4 aliphatic rings. The molecule has 0 aliphatic heterocycles. The van der Waals surface area contributed by atoms with Crippen LogP contribution in [0.3, 0.4) is 0 Å². The van der Waals surface area contributed by atoms with Crippen molar-refractivity contribution in [2.75, 3.05) is 0 Å². The van der Waals surface area contributed by atoms with Gasteiger partial charge in [-0.05, 0) is 104 Å². The Bertz CT molecular complexity index is 649. The molecule has 0 aromatic carbocycles. The van der Waals surface area contributed by atoms with Crippen LogP contribution in [-0.2, 0) is 4.79 Å². The van der Waals surface area contributed by atoms with Crippen LogP contribution in [0.15, 0.2) is 0 Å². The number of hydrogen-bond acceptors (Lipinski definition) is 3. The van der Waals surface area contributed by atoms with E-state index in [0.29, 0.717) is 41.4 Å². The van der Waals surface area contributed by atoms with E-state index >= 15 is 0 Å². The second-order valence-corrected chi connectivity index (χ2v) is 12.0. The predicted octanol–water partition coefficient (Wildman–Crippen LogP) is 5.11. The summed E-state index contributed by atoms with van der Waals surface area (Å²) in [5.74, 6) is 2.58. The van der Waals surface area contributed by atoms with Crippen LogP contribution in [0.5, 0.6) is 0 Å². The average molecular weight is 421 g/mol. The summed E-state index contributed by atoms with van der Waals surface area (Å²) in [4.78, 5) is 11.1. The van der Waals surface area contributed by atoms with Gasteiger partial charge in [-0.15, -0.1) is 0 Å². The van der Waals surface area contributed by atoms with Crippen LogP contribution in [0.25, 0.3) is 0 Å². The highest BCUT2D eigenvalue weighted by atomic mass is 16.4. The Morgan fingerprint density at radius 2 is 1.67 bits per heavy atom. The molecule has 0 heterocycles. The van der Waals surface area contributed by atoms with Crippen molar-refractivity contribution in [3.63, 3.8) is 0 Å². The molecule has 4 aliphatic carbocycles. The van der Waals surface area contributed by atoms with Crippen LogP contribution in [-0.4, -0.2) is 33.5 Å². The molecule has 3 N–H and O–H groups in total. The first-order chi connectivity index (χ1) is 14.1. The van der Waals surface area contributed by atoms with Crippen molar-refractivity contribution in [1.29, 1.82) is 0 Å². The number of carboxylic acids is 1. The normalized spacial score (nSPS) is 51.5. The van der Waals surface area contributed by atoms with Gasteiger partial charge in [0.1, 0.15) is 0 Å². The minimum atomic E-state index is -0.683. The molecule has 172 valence electrons. The quantitative estimate of drug-likeness (QED) is 0.577. The first kappa shape index (κ1) is 22.6. The van der Waals surface area contributed by atoms with Crippen molar-refractivity contribution in [1.82, 2.24) is 0 Å². The lowest BCUT2D eigenvalue weighted by Crippen LogP contribution is -2.62. The van der Waals surface area contributed by atoms with E-state index in [-0.39, 0.29) is 29.5 Å². The molecule has 30 heavy (non-hydrogen) atoms. The van der Waals surface area contributed by atoms with Gasteiger partial charge in [-0.1, -0.05) is 34.1 Å². The molecule has 0 amide bonds. The third-order valence-corrected chi connectivity index (χ3v) is 11.0. The summed E-state index contributed by atoms with van der Waals surface area (Å²) in [7, 11) is 0. The lowest BCUT2D eigenvalue weighted by atomic mass is 9.41. The van der Waals surface area contributed by atoms with Crippen molar-refractivity contribution in [3.8, 4) is 0 Å². The van der Waals surface area contributed by atoms with Gasteiger partial charge in [-0.3, -0.25) is 4.79 Å². The molecule has 4 saturated carbocycles. The van der Waals surface area contributed by atoms with Crippen LogP contribution in [0.4, 0.5) is 0 Å². The van der Waals surface area contributed by atoms with Gasteiger partial charge < -0.3 is 15.3 Å². The van der Waals surface area contributed by atoms with Crippen LogP contribution in [0, 0.1) is 52.3 Å². The topological polar surface area (TPSA) is 77.8 Å². The van der Waals surface area contributed by atoms with Crippen molar-refractivity contribution in [2.24, 2.45) is 52.3 Å². The highest BCUT2D eigenvalue weighted by Crippen LogP contribution is 2.69. The fourth-order valence-electron chi connectivity index (χ4n) is 9.48. The minimum Gasteiger partial charge on any atom is -0.481 e. The van der Waals surface area contributed by atoms with Crippen molar-refractivity contribution in [3.05, 3.63) is 0 Å². The van der Waals surface area contributed by atoms with Gasteiger partial charge in [0, 0.05) is 6.42 Å². The van der Waals surface area contributed by atoms with Gasteiger partial charge in [0.05, 0.1) is 12.2 Å². The fraction of sp³-hybridized carbons (Fsp3) is 0.962. The zero-order valence-electron chi connectivity index (χ0n) is 19.5. The van der Waals surface area contributed by atoms with Gasteiger partial charge in [0.15, 0.2) is 0 Å². The molecule has 4 rings (SSSR count). The smallest absolute Gasteiger partial charge is 0.303 e. The number of hydrogen-bond donors (Lipinski definition) is 3. The van der Waals surface area contributed by atoms with Crippen LogP contribution >= 0.6 is 0 Å². The number of rotatable bonds is 5.